The Morgan fingerprint density at radius 2 is 1.04 bits per heavy atom. The first-order valence-corrected chi connectivity index (χ1v) is 11.1. The number of aryl methyl sites for hydroxylation is 4. The molecule has 0 atom stereocenters. The second-order valence-corrected chi connectivity index (χ2v) is 8.18. The largest absolute Gasteiger partial charge is 0.455 e. The molecule has 0 bridgehead atoms. The first kappa shape index (κ1) is 20.0. The Labute approximate surface area is 165 Å². The fourth-order valence-corrected chi connectivity index (χ4v) is 4.28. The fourth-order valence-electron chi connectivity index (χ4n) is 4.28. The van der Waals surface area contributed by atoms with Crippen LogP contribution in [0.3, 0.4) is 0 Å². The highest BCUT2D eigenvalue weighted by Gasteiger charge is 2.15. The van der Waals surface area contributed by atoms with E-state index in [1.165, 1.54) is 90.8 Å². The lowest BCUT2D eigenvalue weighted by Crippen LogP contribution is -1.90. The summed E-state index contributed by atoms with van der Waals surface area (Å²) in [4.78, 5) is 0. The van der Waals surface area contributed by atoms with Gasteiger partial charge in [0.1, 0.15) is 11.2 Å². The van der Waals surface area contributed by atoms with Crippen molar-refractivity contribution < 1.29 is 4.42 Å². The Bertz CT molecular complexity index is 884. The molecule has 1 heteroatoms. The van der Waals surface area contributed by atoms with E-state index in [0.29, 0.717) is 0 Å². The van der Waals surface area contributed by atoms with Gasteiger partial charge in [0.2, 0.25) is 0 Å². The summed E-state index contributed by atoms with van der Waals surface area (Å²) in [6.07, 6.45) is 12.8. The molecule has 3 rings (SSSR count). The zero-order chi connectivity index (χ0) is 19.2. The third kappa shape index (κ3) is 4.39. The van der Waals surface area contributed by atoms with Crippen LogP contribution in [0.15, 0.2) is 28.7 Å². The van der Waals surface area contributed by atoms with Gasteiger partial charge in [0.25, 0.3) is 0 Å². The van der Waals surface area contributed by atoms with Crippen LogP contribution in [0.4, 0.5) is 0 Å². The Morgan fingerprint density at radius 1 is 0.593 bits per heavy atom. The van der Waals surface area contributed by atoms with Crippen molar-refractivity contribution in [3.05, 3.63) is 46.5 Å². The van der Waals surface area contributed by atoms with E-state index in [1.807, 2.05) is 0 Å². The van der Waals surface area contributed by atoms with E-state index in [2.05, 4.69) is 52.0 Å². The summed E-state index contributed by atoms with van der Waals surface area (Å²) < 4.78 is 6.45. The summed E-state index contributed by atoms with van der Waals surface area (Å²) in [6, 6.07) is 9.21. The Kier molecular flexibility index (Phi) is 6.99. The molecule has 0 amide bonds. The Hall–Kier alpha value is -1.76. The van der Waals surface area contributed by atoms with Gasteiger partial charge in [-0.15, -0.1) is 0 Å². The molecule has 3 aromatic rings. The molecule has 1 aromatic heterocycles. The minimum Gasteiger partial charge on any atom is -0.455 e. The molecule has 1 nitrogen and oxygen atoms in total. The molecule has 27 heavy (non-hydrogen) atoms. The summed E-state index contributed by atoms with van der Waals surface area (Å²) in [7, 11) is 0. The monoisotopic (exact) mass is 364 g/mol. The standard InChI is InChI=1S/C26H36O/c1-5-7-9-10-12-14-22-16-18-24-23-17-15-21(13-11-8-6-2)19(3)25(23)27-26(24)20(22)4/h15-18H,5-14H2,1-4H3. The second kappa shape index (κ2) is 9.44. The lowest BCUT2D eigenvalue weighted by Gasteiger charge is -2.06. The van der Waals surface area contributed by atoms with Crippen LogP contribution in [0.1, 0.15) is 87.5 Å². The van der Waals surface area contributed by atoms with Gasteiger partial charge in [-0.25, -0.2) is 0 Å². The van der Waals surface area contributed by atoms with E-state index in [1.54, 1.807) is 0 Å². The van der Waals surface area contributed by atoms with Crippen LogP contribution in [0.25, 0.3) is 21.9 Å². The highest BCUT2D eigenvalue weighted by molar-refractivity contribution is 6.07. The van der Waals surface area contributed by atoms with Crippen molar-refractivity contribution in [1.29, 1.82) is 0 Å². The highest BCUT2D eigenvalue weighted by Crippen LogP contribution is 2.35. The van der Waals surface area contributed by atoms with Crippen molar-refractivity contribution in [2.75, 3.05) is 0 Å². The number of hydrogen-bond acceptors (Lipinski definition) is 1. The van der Waals surface area contributed by atoms with Crippen molar-refractivity contribution in [2.24, 2.45) is 0 Å². The molecule has 0 radical (unpaired) electrons. The first-order chi connectivity index (χ1) is 13.2. The van der Waals surface area contributed by atoms with Crippen LogP contribution in [0.2, 0.25) is 0 Å². The van der Waals surface area contributed by atoms with Crippen LogP contribution in [0.5, 0.6) is 0 Å². The van der Waals surface area contributed by atoms with E-state index in [-0.39, 0.29) is 0 Å². The topological polar surface area (TPSA) is 13.1 Å². The fraction of sp³-hybridized carbons (Fsp3) is 0.538. The second-order valence-electron chi connectivity index (χ2n) is 8.18. The molecular formula is C26H36O. The van der Waals surface area contributed by atoms with E-state index >= 15 is 0 Å². The SMILES string of the molecule is CCCCCCCc1ccc2c(oc3c(C)c(CCCCC)ccc32)c1C. The van der Waals surface area contributed by atoms with Crippen LogP contribution >= 0.6 is 0 Å². The quantitative estimate of drug-likeness (QED) is 0.329. The lowest BCUT2D eigenvalue weighted by molar-refractivity contribution is 0.629. The number of benzene rings is 2. The van der Waals surface area contributed by atoms with Crippen LogP contribution in [-0.4, -0.2) is 0 Å². The minimum absolute atomic E-state index is 1.10. The van der Waals surface area contributed by atoms with Crippen molar-refractivity contribution in [1.82, 2.24) is 0 Å². The van der Waals surface area contributed by atoms with Gasteiger partial charge < -0.3 is 4.42 Å². The highest BCUT2D eigenvalue weighted by atomic mass is 16.3. The lowest BCUT2D eigenvalue weighted by atomic mass is 9.97. The maximum atomic E-state index is 6.45. The van der Waals surface area contributed by atoms with E-state index in [4.69, 9.17) is 4.42 Å². The van der Waals surface area contributed by atoms with Gasteiger partial charge in [0.15, 0.2) is 0 Å². The van der Waals surface area contributed by atoms with Crippen LogP contribution in [-0.2, 0) is 12.8 Å². The molecule has 0 aliphatic carbocycles. The molecule has 2 aromatic carbocycles. The molecule has 0 fully saturated rings. The van der Waals surface area contributed by atoms with Crippen molar-refractivity contribution >= 4 is 21.9 Å². The van der Waals surface area contributed by atoms with E-state index in [0.717, 1.165) is 17.6 Å². The van der Waals surface area contributed by atoms with E-state index in [9.17, 15) is 0 Å². The predicted molar refractivity (Wildman–Crippen MR) is 119 cm³/mol. The number of fused-ring (bicyclic) bond motifs is 3. The predicted octanol–water partition coefficient (Wildman–Crippen LogP) is 8.45. The molecule has 0 aliphatic rings. The number of unbranched alkanes of at least 4 members (excludes halogenated alkanes) is 6. The average Bonchev–Trinajstić information content (AvgIpc) is 3.06. The average molecular weight is 365 g/mol. The minimum atomic E-state index is 1.10. The molecule has 146 valence electrons. The van der Waals surface area contributed by atoms with Crippen molar-refractivity contribution in [2.45, 2.75) is 91.9 Å². The van der Waals surface area contributed by atoms with Gasteiger partial charge in [0.05, 0.1) is 0 Å². The zero-order valence-corrected chi connectivity index (χ0v) is 17.8. The van der Waals surface area contributed by atoms with Crippen molar-refractivity contribution in [3.63, 3.8) is 0 Å². The number of rotatable bonds is 10. The normalized spacial score (nSPS) is 11.7. The molecule has 0 unspecified atom stereocenters. The summed E-state index contributed by atoms with van der Waals surface area (Å²) in [5.74, 6) is 0. The molecular weight excluding hydrogens is 328 g/mol. The molecule has 0 spiro atoms. The summed E-state index contributed by atoms with van der Waals surface area (Å²) >= 11 is 0. The van der Waals surface area contributed by atoms with Gasteiger partial charge in [-0.3, -0.25) is 0 Å². The number of furan rings is 1. The maximum absolute atomic E-state index is 6.45. The molecule has 0 saturated carbocycles. The van der Waals surface area contributed by atoms with Gasteiger partial charge in [-0.2, -0.15) is 0 Å². The first-order valence-electron chi connectivity index (χ1n) is 11.1. The third-order valence-corrected chi connectivity index (χ3v) is 6.13. The van der Waals surface area contributed by atoms with Crippen molar-refractivity contribution in [3.8, 4) is 0 Å². The van der Waals surface area contributed by atoms with Crippen LogP contribution in [0, 0.1) is 13.8 Å². The summed E-state index contributed by atoms with van der Waals surface area (Å²) in [5, 5.41) is 2.56. The van der Waals surface area contributed by atoms with Gasteiger partial charge in [-0.1, -0.05) is 76.6 Å². The Balaban J connectivity index is 1.86. The summed E-state index contributed by atoms with van der Waals surface area (Å²) in [5.41, 5.74) is 7.78. The van der Waals surface area contributed by atoms with E-state index < -0.39 is 0 Å². The maximum Gasteiger partial charge on any atom is 0.138 e. The smallest absolute Gasteiger partial charge is 0.138 e. The van der Waals surface area contributed by atoms with Gasteiger partial charge in [0, 0.05) is 10.8 Å². The molecule has 0 aliphatic heterocycles. The molecule has 0 saturated heterocycles. The van der Waals surface area contributed by atoms with Crippen LogP contribution < -0.4 is 0 Å². The third-order valence-electron chi connectivity index (χ3n) is 6.13. The van der Waals surface area contributed by atoms with Gasteiger partial charge in [-0.05, 0) is 61.8 Å². The zero-order valence-electron chi connectivity index (χ0n) is 17.8. The molecule has 0 N–H and O–H groups in total. The molecule has 1 heterocycles. The Morgan fingerprint density at radius 3 is 1.56 bits per heavy atom. The number of hydrogen-bond donors (Lipinski definition) is 0. The summed E-state index contributed by atoms with van der Waals surface area (Å²) in [6.45, 7) is 9.01. The van der Waals surface area contributed by atoms with Gasteiger partial charge >= 0.3 is 0 Å².